The van der Waals surface area contributed by atoms with Gasteiger partial charge in [-0.25, -0.2) is 4.79 Å². The maximum Gasteiger partial charge on any atom is 0.407 e. The molecular formula is C26H51NO4. The molecule has 0 radical (unpaired) electrons. The van der Waals surface area contributed by atoms with Gasteiger partial charge in [-0.05, 0) is 39.5 Å². The Morgan fingerprint density at radius 2 is 1.35 bits per heavy atom. The first kappa shape index (κ1) is 29.9. The van der Waals surface area contributed by atoms with Gasteiger partial charge in [-0.2, -0.15) is 0 Å². The van der Waals surface area contributed by atoms with Crippen molar-refractivity contribution in [2.24, 2.45) is 5.92 Å². The summed E-state index contributed by atoms with van der Waals surface area (Å²) >= 11 is 0. The number of ketones is 1. The largest absolute Gasteiger partial charge is 0.444 e. The number of hydrogen-bond donors (Lipinski definition) is 2. The first-order chi connectivity index (χ1) is 14.5. The number of hydrogen-bond acceptors (Lipinski definition) is 4. The molecule has 0 aliphatic carbocycles. The van der Waals surface area contributed by atoms with E-state index in [0.717, 1.165) is 12.8 Å². The molecule has 0 aromatic carbocycles. The molecule has 0 heterocycles. The number of carbonyl (C=O) groups excluding carboxylic acids is 2. The van der Waals surface area contributed by atoms with Gasteiger partial charge in [0.05, 0.1) is 12.1 Å². The number of rotatable bonds is 18. The van der Waals surface area contributed by atoms with Crippen molar-refractivity contribution in [1.82, 2.24) is 5.32 Å². The van der Waals surface area contributed by atoms with Crippen molar-refractivity contribution in [2.45, 2.75) is 149 Å². The number of alkyl carbamates (subject to hydrolysis) is 1. The second kappa shape index (κ2) is 17.5. The lowest BCUT2D eigenvalue weighted by molar-refractivity contribution is -0.121. The molecule has 0 aliphatic heterocycles. The molecule has 0 spiro atoms. The lowest BCUT2D eigenvalue weighted by atomic mass is 9.95. The Morgan fingerprint density at radius 1 is 0.871 bits per heavy atom. The van der Waals surface area contributed by atoms with Crippen molar-refractivity contribution >= 4 is 11.9 Å². The summed E-state index contributed by atoms with van der Waals surface area (Å²) in [5, 5.41) is 13.3. The average molecular weight is 442 g/mol. The lowest BCUT2D eigenvalue weighted by Crippen LogP contribution is -2.46. The summed E-state index contributed by atoms with van der Waals surface area (Å²) in [7, 11) is 0. The molecule has 0 bridgehead atoms. The molecule has 0 fully saturated rings. The second-order valence-electron chi connectivity index (χ2n) is 10.5. The van der Waals surface area contributed by atoms with Crippen LogP contribution in [0.3, 0.4) is 0 Å². The van der Waals surface area contributed by atoms with Crippen LogP contribution in [0.5, 0.6) is 0 Å². The summed E-state index contributed by atoms with van der Waals surface area (Å²) in [6.07, 6.45) is 13.5. The minimum absolute atomic E-state index is 0.0724. The summed E-state index contributed by atoms with van der Waals surface area (Å²) in [6, 6.07) is -0.476. The SMILES string of the molecule is CCCCCCCCCCCCCC(=O)C[C@H](O)[C@H](CC(C)C)NC(=O)OC(C)(C)C. The van der Waals surface area contributed by atoms with Crippen LogP contribution in [0, 0.1) is 5.92 Å². The van der Waals surface area contributed by atoms with Gasteiger partial charge in [-0.1, -0.05) is 85.0 Å². The highest BCUT2D eigenvalue weighted by molar-refractivity contribution is 5.79. The van der Waals surface area contributed by atoms with Gasteiger partial charge in [-0.15, -0.1) is 0 Å². The summed E-state index contributed by atoms with van der Waals surface area (Å²) in [5.74, 6) is 0.361. The standard InChI is InChI=1S/C26H51NO4/c1-7-8-9-10-11-12-13-14-15-16-17-18-22(28)20-24(29)23(19-21(2)3)27-25(30)31-26(4,5)6/h21,23-24,29H,7-20H2,1-6H3,(H,27,30)/t23-,24-/m0/s1. The predicted molar refractivity (Wildman–Crippen MR) is 129 cm³/mol. The zero-order chi connectivity index (χ0) is 23.7. The molecule has 5 nitrogen and oxygen atoms in total. The number of nitrogens with one attached hydrogen (secondary N) is 1. The van der Waals surface area contributed by atoms with Gasteiger partial charge in [0.2, 0.25) is 0 Å². The fraction of sp³-hybridized carbons (Fsp3) is 0.923. The zero-order valence-corrected chi connectivity index (χ0v) is 21.3. The Balaban J connectivity index is 4.06. The molecule has 0 unspecified atom stereocenters. The van der Waals surface area contributed by atoms with E-state index in [2.05, 4.69) is 12.2 Å². The van der Waals surface area contributed by atoms with Gasteiger partial charge in [0.15, 0.2) is 0 Å². The molecule has 2 atom stereocenters. The van der Waals surface area contributed by atoms with Crippen LogP contribution in [-0.4, -0.2) is 34.7 Å². The van der Waals surface area contributed by atoms with E-state index in [0.29, 0.717) is 12.8 Å². The Hall–Kier alpha value is -1.10. The smallest absolute Gasteiger partial charge is 0.407 e. The fourth-order valence-electron chi connectivity index (χ4n) is 3.74. The van der Waals surface area contributed by atoms with Crippen molar-refractivity contribution < 1.29 is 19.4 Å². The summed E-state index contributed by atoms with van der Waals surface area (Å²) in [6.45, 7) is 11.7. The van der Waals surface area contributed by atoms with Gasteiger partial charge in [-0.3, -0.25) is 4.79 Å². The number of carbonyl (C=O) groups is 2. The quantitative estimate of drug-likeness (QED) is 0.226. The van der Waals surface area contributed by atoms with Crippen LogP contribution >= 0.6 is 0 Å². The van der Waals surface area contributed by atoms with Crippen LogP contribution in [0.1, 0.15) is 131 Å². The third-order valence-electron chi connectivity index (χ3n) is 5.39. The van der Waals surface area contributed by atoms with Gasteiger partial charge in [0, 0.05) is 12.8 Å². The molecule has 2 N–H and O–H groups in total. The highest BCUT2D eigenvalue weighted by Crippen LogP contribution is 2.16. The third-order valence-corrected chi connectivity index (χ3v) is 5.39. The number of aliphatic hydroxyl groups excluding tert-OH is 1. The van der Waals surface area contributed by atoms with Crippen LogP contribution in [0.25, 0.3) is 0 Å². The number of amides is 1. The van der Waals surface area contributed by atoms with E-state index >= 15 is 0 Å². The Labute approximate surface area is 192 Å². The minimum Gasteiger partial charge on any atom is -0.444 e. The van der Waals surface area contributed by atoms with E-state index in [4.69, 9.17) is 4.74 Å². The number of Topliss-reactive ketones (excluding diaryl/α,β-unsaturated/α-hetero) is 1. The minimum atomic E-state index is -0.880. The van der Waals surface area contributed by atoms with Crippen LogP contribution in [0.4, 0.5) is 4.79 Å². The molecule has 0 saturated heterocycles. The van der Waals surface area contributed by atoms with E-state index in [-0.39, 0.29) is 18.1 Å². The van der Waals surface area contributed by atoms with Crippen molar-refractivity contribution in [3.8, 4) is 0 Å². The van der Waals surface area contributed by atoms with Crippen LogP contribution in [0.2, 0.25) is 0 Å². The number of unbranched alkanes of at least 4 members (excludes halogenated alkanes) is 10. The van der Waals surface area contributed by atoms with E-state index < -0.39 is 23.8 Å². The highest BCUT2D eigenvalue weighted by Gasteiger charge is 2.26. The first-order valence-electron chi connectivity index (χ1n) is 12.7. The van der Waals surface area contributed by atoms with Crippen LogP contribution < -0.4 is 5.32 Å². The molecule has 0 aromatic rings. The van der Waals surface area contributed by atoms with E-state index in [1.807, 2.05) is 13.8 Å². The summed E-state index contributed by atoms with van der Waals surface area (Å²) in [5.41, 5.74) is -0.595. The lowest BCUT2D eigenvalue weighted by Gasteiger charge is -2.27. The maximum atomic E-state index is 12.3. The molecular weight excluding hydrogens is 390 g/mol. The van der Waals surface area contributed by atoms with E-state index in [1.165, 1.54) is 57.8 Å². The molecule has 5 heteroatoms. The second-order valence-corrected chi connectivity index (χ2v) is 10.5. The van der Waals surface area contributed by atoms with E-state index in [9.17, 15) is 14.7 Å². The van der Waals surface area contributed by atoms with Crippen LogP contribution in [-0.2, 0) is 9.53 Å². The molecule has 0 aliphatic rings. The molecule has 1 amide bonds. The highest BCUT2D eigenvalue weighted by atomic mass is 16.6. The average Bonchev–Trinajstić information content (AvgIpc) is 2.63. The van der Waals surface area contributed by atoms with Crippen molar-refractivity contribution in [2.75, 3.05) is 0 Å². The summed E-state index contributed by atoms with van der Waals surface area (Å²) < 4.78 is 5.30. The normalized spacial score (nSPS) is 13.8. The third kappa shape index (κ3) is 19.3. The Morgan fingerprint density at radius 3 is 1.81 bits per heavy atom. The van der Waals surface area contributed by atoms with Crippen LogP contribution in [0.15, 0.2) is 0 Å². The summed E-state index contributed by atoms with van der Waals surface area (Å²) in [4.78, 5) is 24.4. The number of aliphatic hydroxyl groups is 1. The monoisotopic (exact) mass is 441 g/mol. The van der Waals surface area contributed by atoms with Crippen molar-refractivity contribution in [3.63, 3.8) is 0 Å². The molecule has 0 rings (SSSR count). The molecule has 0 aromatic heterocycles. The maximum absolute atomic E-state index is 12.3. The molecule has 0 saturated carbocycles. The zero-order valence-electron chi connectivity index (χ0n) is 21.3. The molecule has 31 heavy (non-hydrogen) atoms. The molecule has 184 valence electrons. The van der Waals surface area contributed by atoms with Gasteiger partial charge >= 0.3 is 6.09 Å². The Kier molecular flexibility index (Phi) is 16.8. The Bertz CT molecular complexity index is 471. The van der Waals surface area contributed by atoms with Gasteiger partial charge < -0.3 is 15.2 Å². The fourth-order valence-corrected chi connectivity index (χ4v) is 3.74. The van der Waals surface area contributed by atoms with Gasteiger partial charge in [0.25, 0.3) is 0 Å². The topological polar surface area (TPSA) is 75.6 Å². The van der Waals surface area contributed by atoms with E-state index in [1.54, 1.807) is 20.8 Å². The van der Waals surface area contributed by atoms with Gasteiger partial charge in [0.1, 0.15) is 11.4 Å². The predicted octanol–water partition coefficient (Wildman–Crippen LogP) is 6.95. The van der Waals surface area contributed by atoms with Crippen molar-refractivity contribution in [3.05, 3.63) is 0 Å². The first-order valence-corrected chi connectivity index (χ1v) is 12.7. The van der Waals surface area contributed by atoms with Crippen molar-refractivity contribution in [1.29, 1.82) is 0 Å². The number of ether oxygens (including phenoxy) is 1.